The first-order valence-corrected chi connectivity index (χ1v) is 6.40. The highest BCUT2D eigenvalue weighted by Crippen LogP contribution is 2.21. The zero-order valence-corrected chi connectivity index (χ0v) is 10.9. The van der Waals surface area contributed by atoms with Gasteiger partial charge in [0.1, 0.15) is 0 Å². The number of nitro groups is 1. The van der Waals surface area contributed by atoms with Gasteiger partial charge in [0.15, 0.2) is 5.17 Å². The molecule has 1 aliphatic rings. The molecule has 1 fully saturated rings. The third-order valence-electron chi connectivity index (χ3n) is 2.12. The number of nitro benzene ring substituents is 1. The number of hydrogen-bond acceptors (Lipinski definition) is 6. The number of halogens is 1. The quantitative estimate of drug-likeness (QED) is 0.522. The number of amidine groups is 1. The Balaban J connectivity index is 2.20. The lowest BCUT2D eigenvalue weighted by Gasteiger charge is -1.97. The maximum atomic E-state index is 10.9. The molecule has 1 N–H and O–H groups in total. The van der Waals surface area contributed by atoms with E-state index in [2.05, 4.69) is 15.5 Å². The maximum Gasteiger partial charge on any atom is 0.278 e. The molecule has 1 amide bonds. The smallest absolute Gasteiger partial charge is 0.278 e. The molecule has 0 spiro atoms. The van der Waals surface area contributed by atoms with Gasteiger partial charge < -0.3 is 5.32 Å². The SMILES string of the molecule is O=C1CSC(=NN=Cc2cc(Cl)ccc2[N+](=O)[O-])N1. The van der Waals surface area contributed by atoms with Crippen LogP contribution in [0.3, 0.4) is 0 Å². The zero-order chi connectivity index (χ0) is 13.8. The lowest BCUT2D eigenvalue weighted by atomic mass is 10.2. The monoisotopic (exact) mass is 298 g/mol. The van der Waals surface area contributed by atoms with E-state index in [9.17, 15) is 14.9 Å². The Kier molecular flexibility index (Phi) is 4.13. The van der Waals surface area contributed by atoms with Crippen molar-refractivity contribution in [2.24, 2.45) is 10.2 Å². The number of hydrogen-bond donors (Lipinski definition) is 1. The fourth-order valence-corrected chi connectivity index (χ4v) is 2.13. The molecule has 19 heavy (non-hydrogen) atoms. The normalized spacial score (nSPS) is 17.1. The fourth-order valence-electron chi connectivity index (χ4n) is 1.32. The molecule has 0 unspecified atom stereocenters. The van der Waals surface area contributed by atoms with Crippen molar-refractivity contribution in [3.63, 3.8) is 0 Å². The first-order valence-electron chi connectivity index (χ1n) is 5.04. The van der Waals surface area contributed by atoms with Crippen LogP contribution in [-0.4, -0.2) is 28.0 Å². The second-order valence-electron chi connectivity index (χ2n) is 3.45. The van der Waals surface area contributed by atoms with E-state index in [0.717, 1.165) is 0 Å². The Morgan fingerprint density at radius 2 is 2.32 bits per heavy atom. The van der Waals surface area contributed by atoms with Gasteiger partial charge in [-0.3, -0.25) is 14.9 Å². The Morgan fingerprint density at radius 1 is 1.53 bits per heavy atom. The number of rotatable bonds is 3. The van der Waals surface area contributed by atoms with Gasteiger partial charge in [0.25, 0.3) is 5.69 Å². The molecule has 1 saturated heterocycles. The fraction of sp³-hybridized carbons (Fsp3) is 0.100. The van der Waals surface area contributed by atoms with E-state index >= 15 is 0 Å². The Bertz CT molecular complexity index is 602. The molecule has 1 aromatic carbocycles. The molecule has 0 aromatic heterocycles. The summed E-state index contributed by atoms with van der Waals surface area (Å²) >= 11 is 6.98. The van der Waals surface area contributed by atoms with Gasteiger partial charge in [0.05, 0.1) is 22.5 Å². The van der Waals surface area contributed by atoms with Crippen LogP contribution < -0.4 is 5.32 Å². The van der Waals surface area contributed by atoms with Crippen molar-refractivity contribution >= 4 is 46.3 Å². The van der Waals surface area contributed by atoms with Gasteiger partial charge in [-0.05, 0) is 12.1 Å². The number of nitrogens with one attached hydrogen (secondary N) is 1. The van der Waals surface area contributed by atoms with E-state index in [1.807, 2.05) is 0 Å². The largest absolute Gasteiger partial charge is 0.303 e. The Morgan fingerprint density at radius 3 is 2.95 bits per heavy atom. The van der Waals surface area contributed by atoms with Crippen LogP contribution in [0.1, 0.15) is 5.56 Å². The summed E-state index contributed by atoms with van der Waals surface area (Å²) in [6, 6.07) is 4.14. The molecular formula is C10H7ClN4O3S. The van der Waals surface area contributed by atoms with Gasteiger partial charge in [-0.15, -0.1) is 5.10 Å². The number of thioether (sulfide) groups is 1. The molecule has 2 rings (SSSR count). The minimum atomic E-state index is -0.531. The molecule has 0 saturated carbocycles. The number of carbonyl (C=O) groups excluding carboxylic acids is 1. The lowest BCUT2D eigenvalue weighted by molar-refractivity contribution is -0.385. The minimum Gasteiger partial charge on any atom is -0.303 e. The van der Waals surface area contributed by atoms with Crippen molar-refractivity contribution in [1.29, 1.82) is 0 Å². The summed E-state index contributed by atoms with van der Waals surface area (Å²) in [5.41, 5.74) is 0.132. The van der Waals surface area contributed by atoms with Crippen LogP contribution in [0.4, 0.5) is 5.69 Å². The molecule has 0 radical (unpaired) electrons. The molecular weight excluding hydrogens is 292 g/mol. The summed E-state index contributed by atoms with van der Waals surface area (Å²) in [5.74, 6) is 0.152. The molecule has 1 aromatic rings. The van der Waals surface area contributed by atoms with Gasteiger partial charge in [0.2, 0.25) is 5.91 Å². The van der Waals surface area contributed by atoms with Gasteiger partial charge in [-0.25, -0.2) is 0 Å². The average molecular weight is 299 g/mol. The van der Waals surface area contributed by atoms with E-state index < -0.39 is 4.92 Å². The molecule has 1 aliphatic heterocycles. The molecule has 7 nitrogen and oxygen atoms in total. The van der Waals surface area contributed by atoms with Crippen LogP contribution >= 0.6 is 23.4 Å². The predicted molar refractivity (Wildman–Crippen MR) is 73.7 cm³/mol. The summed E-state index contributed by atoms with van der Waals surface area (Å²) in [6.07, 6.45) is 1.22. The number of benzene rings is 1. The molecule has 9 heteroatoms. The Hall–Kier alpha value is -1.93. The Labute approximate surface area is 116 Å². The van der Waals surface area contributed by atoms with Crippen LogP contribution in [0.5, 0.6) is 0 Å². The lowest BCUT2D eigenvalue weighted by Crippen LogP contribution is -2.19. The maximum absolute atomic E-state index is 10.9. The van der Waals surface area contributed by atoms with Gasteiger partial charge >= 0.3 is 0 Å². The highest BCUT2D eigenvalue weighted by molar-refractivity contribution is 8.15. The van der Waals surface area contributed by atoms with E-state index in [1.54, 1.807) is 0 Å². The van der Waals surface area contributed by atoms with Crippen LogP contribution in [0.25, 0.3) is 0 Å². The van der Waals surface area contributed by atoms with Crippen LogP contribution in [-0.2, 0) is 4.79 Å². The summed E-state index contributed by atoms with van der Waals surface area (Å²) in [5, 5.41) is 21.5. The van der Waals surface area contributed by atoms with Crippen LogP contribution in [0, 0.1) is 10.1 Å². The molecule has 1 heterocycles. The van der Waals surface area contributed by atoms with Crippen molar-refractivity contribution in [3.05, 3.63) is 38.9 Å². The number of carbonyl (C=O) groups is 1. The van der Waals surface area contributed by atoms with Crippen LogP contribution in [0.2, 0.25) is 5.02 Å². The van der Waals surface area contributed by atoms with Crippen molar-refractivity contribution in [1.82, 2.24) is 5.32 Å². The van der Waals surface area contributed by atoms with Gasteiger partial charge in [-0.1, -0.05) is 23.4 Å². The van der Waals surface area contributed by atoms with Crippen molar-refractivity contribution in [3.8, 4) is 0 Å². The molecule has 98 valence electrons. The first-order chi connectivity index (χ1) is 9.06. The van der Waals surface area contributed by atoms with Crippen LogP contribution in [0.15, 0.2) is 28.4 Å². The second-order valence-corrected chi connectivity index (χ2v) is 4.85. The topological polar surface area (TPSA) is 97.0 Å². The predicted octanol–water partition coefficient (Wildman–Crippen LogP) is 1.80. The van der Waals surface area contributed by atoms with Crippen molar-refractivity contribution < 1.29 is 9.72 Å². The highest BCUT2D eigenvalue weighted by Gasteiger charge is 2.16. The second kappa shape index (κ2) is 5.81. The van der Waals surface area contributed by atoms with E-state index in [4.69, 9.17) is 11.6 Å². The first kappa shape index (κ1) is 13.5. The van der Waals surface area contributed by atoms with Crippen molar-refractivity contribution in [2.75, 3.05) is 5.75 Å². The summed E-state index contributed by atoms with van der Waals surface area (Å²) in [4.78, 5) is 21.2. The summed E-state index contributed by atoms with van der Waals surface area (Å²) in [7, 11) is 0. The third kappa shape index (κ3) is 3.52. The number of nitrogens with zero attached hydrogens (tertiary/aromatic N) is 3. The summed E-state index contributed by atoms with van der Waals surface area (Å²) < 4.78 is 0. The van der Waals surface area contributed by atoms with E-state index in [1.165, 1.54) is 36.2 Å². The van der Waals surface area contributed by atoms with Gasteiger partial charge in [-0.2, -0.15) is 5.10 Å². The van der Waals surface area contributed by atoms with E-state index in [0.29, 0.717) is 15.9 Å². The van der Waals surface area contributed by atoms with Gasteiger partial charge in [0, 0.05) is 11.1 Å². The molecule has 0 aliphatic carbocycles. The van der Waals surface area contributed by atoms with Crippen molar-refractivity contribution in [2.45, 2.75) is 0 Å². The number of amides is 1. The minimum absolute atomic E-state index is 0.114. The summed E-state index contributed by atoms with van der Waals surface area (Å²) in [6.45, 7) is 0. The molecule has 0 bridgehead atoms. The van der Waals surface area contributed by atoms with E-state index in [-0.39, 0.29) is 17.2 Å². The highest BCUT2D eigenvalue weighted by atomic mass is 35.5. The third-order valence-corrected chi connectivity index (χ3v) is 3.22. The zero-order valence-electron chi connectivity index (χ0n) is 9.37. The standard InChI is InChI=1S/C10H7ClN4O3S/c11-7-1-2-8(15(17)18)6(3-7)4-12-14-10-13-9(16)5-19-10/h1-4H,5H2,(H,13,14,16). The molecule has 0 atom stereocenters. The average Bonchev–Trinajstić information content (AvgIpc) is 2.75.